The number of hydrogen-bond donors (Lipinski definition) is 3. The molecule has 6 nitrogen and oxygen atoms in total. The first-order chi connectivity index (χ1) is 38.5. The van der Waals surface area contributed by atoms with Crippen molar-refractivity contribution < 1.29 is 24.5 Å². The zero-order valence-corrected chi connectivity index (χ0v) is 53.4. The zero-order chi connectivity index (χ0) is 56.4. The number of carbonyl (C=O) groups excluding carboxylic acids is 2. The van der Waals surface area contributed by atoms with Gasteiger partial charge in [0.1, 0.15) is 0 Å². The van der Waals surface area contributed by atoms with E-state index in [1.807, 2.05) is 0 Å². The predicted molar refractivity (Wildman–Crippen MR) is 343 cm³/mol. The number of nitrogens with one attached hydrogen (secondary N) is 1. The van der Waals surface area contributed by atoms with Crippen LogP contribution in [0.3, 0.4) is 0 Å². The normalized spacial score (nSPS) is 12.4. The molecule has 0 aromatic rings. The summed E-state index contributed by atoms with van der Waals surface area (Å²) in [5.41, 5.74) is 0. The van der Waals surface area contributed by atoms with Crippen LogP contribution >= 0.6 is 0 Å². The van der Waals surface area contributed by atoms with Crippen LogP contribution in [0.1, 0.15) is 425 Å². The molecule has 0 rings (SSSR count). The van der Waals surface area contributed by atoms with Crippen LogP contribution in [-0.4, -0.2) is 47.4 Å². The van der Waals surface area contributed by atoms with Crippen molar-refractivity contribution >= 4 is 11.9 Å². The Morgan fingerprint density at radius 2 is 0.526 bits per heavy atom. The SMILES string of the molecule is CCCCCCCCCCCCCCCCCCCCCCCCCCC(O)C(CO)NC(=O)CCCCCCCCCCCCCCCCCCCCCCCOC(=O)CCCCCCCCCCCCCCCCCC. The Morgan fingerprint density at radius 3 is 0.782 bits per heavy atom. The van der Waals surface area contributed by atoms with Gasteiger partial charge < -0.3 is 20.3 Å². The summed E-state index contributed by atoms with van der Waals surface area (Å²) in [4.78, 5) is 24.7. The van der Waals surface area contributed by atoms with Crippen LogP contribution in [0.25, 0.3) is 0 Å². The molecule has 0 bridgehead atoms. The van der Waals surface area contributed by atoms with Gasteiger partial charge in [0.15, 0.2) is 0 Å². The molecule has 0 fully saturated rings. The van der Waals surface area contributed by atoms with Gasteiger partial charge in [-0.25, -0.2) is 0 Å². The lowest BCUT2D eigenvalue weighted by atomic mass is 10.0. The molecular weight excluding hydrogens is 959 g/mol. The maximum Gasteiger partial charge on any atom is 0.305 e. The summed E-state index contributed by atoms with van der Waals surface area (Å²) >= 11 is 0. The van der Waals surface area contributed by atoms with Crippen molar-refractivity contribution in [3.63, 3.8) is 0 Å². The van der Waals surface area contributed by atoms with E-state index in [9.17, 15) is 19.8 Å². The molecule has 0 aromatic carbocycles. The fourth-order valence-corrected chi connectivity index (χ4v) is 11.9. The second kappa shape index (κ2) is 68.4. The number of rotatable bonds is 69. The highest BCUT2D eigenvalue weighted by Gasteiger charge is 2.20. The summed E-state index contributed by atoms with van der Waals surface area (Å²) in [5.74, 6) is -0.0125. The molecule has 0 spiro atoms. The second-order valence-corrected chi connectivity index (χ2v) is 25.3. The maximum atomic E-state index is 12.6. The Morgan fingerprint density at radius 1 is 0.308 bits per heavy atom. The number of hydrogen-bond acceptors (Lipinski definition) is 5. The Kier molecular flexibility index (Phi) is 67.4. The van der Waals surface area contributed by atoms with Crippen LogP contribution in [0.15, 0.2) is 0 Å². The summed E-state index contributed by atoms with van der Waals surface area (Å²) in [5, 5.41) is 23.5. The first kappa shape index (κ1) is 76.9. The summed E-state index contributed by atoms with van der Waals surface area (Å²) < 4.78 is 5.50. The largest absolute Gasteiger partial charge is 0.466 e. The molecule has 0 aliphatic heterocycles. The van der Waals surface area contributed by atoms with Gasteiger partial charge in [0.2, 0.25) is 5.91 Å². The Bertz CT molecular complexity index is 1130. The van der Waals surface area contributed by atoms with Crippen LogP contribution in [0.2, 0.25) is 0 Å². The minimum atomic E-state index is -0.665. The summed E-state index contributed by atoms with van der Waals surface area (Å²) in [6.07, 6.45) is 82.9. The van der Waals surface area contributed by atoms with Gasteiger partial charge in [0.25, 0.3) is 0 Å². The van der Waals surface area contributed by atoms with Crippen molar-refractivity contribution in [2.24, 2.45) is 0 Å². The van der Waals surface area contributed by atoms with Crippen LogP contribution in [-0.2, 0) is 14.3 Å². The third-order valence-electron chi connectivity index (χ3n) is 17.4. The monoisotopic (exact) mass is 1100 g/mol. The number of amides is 1. The number of unbranched alkanes of at least 4 members (excludes halogenated alkanes) is 58. The van der Waals surface area contributed by atoms with Crippen molar-refractivity contribution in [2.45, 2.75) is 437 Å². The van der Waals surface area contributed by atoms with Gasteiger partial charge in [-0.15, -0.1) is 0 Å². The van der Waals surface area contributed by atoms with E-state index in [2.05, 4.69) is 19.2 Å². The molecule has 0 saturated heterocycles. The fraction of sp³-hybridized carbons (Fsp3) is 0.972. The molecule has 2 atom stereocenters. The van der Waals surface area contributed by atoms with Crippen LogP contribution in [0, 0.1) is 0 Å². The number of esters is 1. The first-order valence-corrected chi connectivity index (χ1v) is 36.3. The molecule has 0 heterocycles. The van der Waals surface area contributed by atoms with Gasteiger partial charge in [0, 0.05) is 12.8 Å². The minimum absolute atomic E-state index is 0.0173. The average Bonchev–Trinajstić information content (AvgIpc) is 3.44. The highest BCUT2D eigenvalue weighted by atomic mass is 16.5. The lowest BCUT2D eigenvalue weighted by Gasteiger charge is -2.22. The van der Waals surface area contributed by atoms with Crippen molar-refractivity contribution in [3.05, 3.63) is 0 Å². The van der Waals surface area contributed by atoms with Crippen LogP contribution in [0.4, 0.5) is 0 Å². The molecule has 3 N–H and O–H groups in total. The van der Waals surface area contributed by atoms with E-state index < -0.39 is 12.1 Å². The lowest BCUT2D eigenvalue weighted by Crippen LogP contribution is -2.45. The average molecular weight is 1100 g/mol. The predicted octanol–water partition coefficient (Wildman–Crippen LogP) is 23.4. The molecule has 2 unspecified atom stereocenters. The molecule has 6 heteroatoms. The third kappa shape index (κ3) is 64.0. The topological polar surface area (TPSA) is 95.9 Å². The van der Waals surface area contributed by atoms with Gasteiger partial charge in [-0.05, 0) is 25.7 Å². The minimum Gasteiger partial charge on any atom is -0.466 e. The van der Waals surface area contributed by atoms with E-state index in [-0.39, 0.29) is 18.5 Å². The lowest BCUT2D eigenvalue weighted by molar-refractivity contribution is -0.143. The highest BCUT2D eigenvalue weighted by molar-refractivity contribution is 5.76. The van der Waals surface area contributed by atoms with Gasteiger partial charge in [0.05, 0.1) is 25.4 Å². The van der Waals surface area contributed by atoms with Gasteiger partial charge >= 0.3 is 5.97 Å². The van der Waals surface area contributed by atoms with Crippen LogP contribution < -0.4 is 5.32 Å². The van der Waals surface area contributed by atoms with Crippen molar-refractivity contribution in [1.29, 1.82) is 0 Å². The Hall–Kier alpha value is -1.14. The number of carbonyl (C=O) groups is 2. The Balaban J connectivity index is 3.36. The molecule has 0 aliphatic rings. The van der Waals surface area contributed by atoms with E-state index >= 15 is 0 Å². The molecule has 466 valence electrons. The molecule has 1 amide bonds. The van der Waals surface area contributed by atoms with Crippen LogP contribution in [0.5, 0.6) is 0 Å². The number of ether oxygens (including phenoxy) is 1. The fourth-order valence-electron chi connectivity index (χ4n) is 11.9. The third-order valence-corrected chi connectivity index (χ3v) is 17.4. The first-order valence-electron chi connectivity index (χ1n) is 36.3. The standard InChI is InChI=1S/C72H143NO5/c1-3-5-7-9-11-13-15-17-19-21-22-23-24-25-27-30-33-36-40-44-48-52-56-60-64-70(75)69(68-74)73-71(76)65-61-57-53-49-45-41-37-34-31-28-26-29-32-35-39-43-47-51-55-59-63-67-78-72(77)66-62-58-54-50-46-42-38-20-18-16-14-12-10-8-6-4-2/h69-70,74-75H,3-68H2,1-2H3,(H,73,76). The van der Waals surface area contributed by atoms with E-state index in [1.54, 1.807) is 0 Å². The Labute approximate surface area is 489 Å². The molecular formula is C72H143NO5. The van der Waals surface area contributed by atoms with E-state index in [0.717, 1.165) is 38.5 Å². The van der Waals surface area contributed by atoms with E-state index in [4.69, 9.17) is 4.74 Å². The van der Waals surface area contributed by atoms with Crippen molar-refractivity contribution in [3.8, 4) is 0 Å². The van der Waals surface area contributed by atoms with Gasteiger partial charge in [-0.2, -0.15) is 0 Å². The summed E-state index contributed by atoms with van der Waals surface area (Å²) in [7, 11) is 0. The molecule has 78 heavy (non-hydrogen) atoms. The van der Waals surface area contributed by atoms with E-state index in [0.29, 0.717) is 25.9 Å². The zero-order valence-electron chi connectivity index (χ0n) is 53.4. The van der Waals surface area contributed by atoms with Gasteiger partial charge in [-0.3, -0.25) is 9.59 Å². The second-order valence-electron chi connectivity index (χ2n) is 25.3. The maximum absolute atomic E-state index is 12.6. The molecule has 0 saturated carbocycles. The van der Waals surface area contributed by atoms with Gasteiger partial charge in [-0.1, -0.05) is 386 Å². The van der Waals surface area contributed by atoms with Crippen molar-refractivity contribution in [2.75, 3.05) is 13.2 Å². The smallest absolute Gasteiger partial charge is 0.305 e. The quantitative estimate of drug-likeness (QED) is 0.0417. The summed E-state index contributed by atoms with van der Waals surface area (Å²) in [6.45, 7) is 5.01. The number of aliphatic hydroxyl groups excluding tert-OH is 2. The summed E-state index contributed by atoms with van der Waals surface area (Å²) in [6, 6.07) is -0.543. The van der Waals surface area contributed by atoms with Crippen molar-refractivity contribution in [1.82, 2.24) is 5.32 Å². The molecule has 0 aliphatic carbocycles. The number of aliphatic hydroxyl groups is 2. The molecule has 0 radical (unpaired) electrons. The molecule has 0 aromatic heterocycles. The highest BCUT2D eigenvalue weighted by Crippen LogP contribution is 2.20. The van der Waals surface area contributed by atoms with E-state index in [1.165, 1.54) is 353 Å².